The summed E-state index contributed by atoms with van der Waals surface area (Å²) in [6.07, 6.45) is 5.48. The largest absolute Gasteiger partial charge is 0.329 e. The van der Waals surface area contributed by atoms with Gasteiger partial charge in [0.25, 0.3) is 0 Å². The van der Waals surface area contributed by atoms with E-state index in [0.29, 0.717) is 0 Å². The highest BCUT2D eigenvalue weighted by Gasteiger charge is 2.09. The molecule has 3 N–H and O–H groups in total. The molecule has 76 valence electrons. The first-order chi connectivity index (χ1) is 6.34. The first-order valence-electron chi connectivity index (χ1n) is 4.89. The molecule has 0 aromatic rings. The molecule has 1 heterocycles. The highest BCUT2D eigenvalue weighted by Crippen LogP contribution is 2.04. The first-order valence-corrected chi connectivity index (χ1v) is 4.89. The van der Waals surface area contributed by atoms with Crippen molar-refractivity contribution in [1.82, 2.24) is 15.3 Å². The first kappa shape index (κ1) is 10.5. The van der Waals surface area contributed by atoms with Crippen LogP contribution in [0.15, 0.2) is 12.3 Å². The number of hydrogen-bond donors (Lipinski definition) is 2. The van der Waals surface area contributed by atoms with E-state index in [1.54, 1.807) is 0 Å². The molecule has 0 unspecified atom stereocenters. The van der Waals surface area contributed by atoms with Crippen molar-refractivity contribution < 1.29 is 0 Å². The molecule has 0 aromatic heterocycles. The van der Waals surface area contributed by atoms with Crippen molar-refractivity contribution in [2.24, 2.45) is 5.73 Å². The topological polar surface area (TPSA) is 44.5 Å². The fraction of sp³-hybridized carbons (Fsp3) is 0.778. The summed E-state index contributed by atoms with van der Waals surface area (Å²) >= 11 is 0. The molecule has 0 saturated carbocycles. The number of hydrazine groups is 1. The molecule has 1 rings (SSSR count). The van der Waals surface area contributed by atoms with Crippen LogP contribution in [0.2, 0.25) is 0 Å². The molecular weight excluding hydrogens is 164 g/mol. The van der Waals surface area contributed by atoms with Gasteiger partial charge >= 0.3 is 0 Å². The van der Waals surface area contributed by atoms with E-state index in [1.165, 1.54) is 0 Å². The number of hydrogen-bond acceptors (Lipinski definition) is 4. The minimum absolute atomic E-state index is 0.726. The summed E-state index contributed by atoms with van der Waals surface area (Å²) in [5, 5.41) is 7.73. The van der Waals surface area contributed by atoms with Crippen molar-refractivity contribution in [3.8, 4) is 0 Å². The average molecular weight is 184 g/mol. The van der Waals surface area contributed by atoms with E-state index in [2.05, 4.69) is 34.7 Å². The molecule has 0 aromatic carbocycles. The second kappa shape index (κ2) is 5.96. The number of rotatable bonds is 6. The lowest BCUT2D eigenvalue weighted by Gasteiger charge is -2.24. The van der Waals surface area contributed by atoms with Gasteiger partial charge in [0.15, 0.2) is 0 Å². The van der Waals surface area contributed by atoms with Crippen molar-refractivity contribution in [3.63, 3.8) is 0 Å². The SMILES string of the molecule is CN1CC=CN1CCCNCCN. The summed E-state index contributed by atoms with van der Waals surface area (Å²) in [7, 11) is 2.10. The quantitative estimate of drug-likeness (QED) is 0.551. The van der Waals surface area contributed by atoms with Crippen LogP contribution in [-0.4, -0.2) is 49.8 Å². The maximum atomic E-state index is 5.36. The van der Waals surface area contributed by atoms with Crippen molar-refractivity contribution in [2.45, 2.75) is 6.42 Å². The van der Waals surface area contributed by atoms with Crippen molar-refractivity contribution in [2.75, 3.05) is 39.8 Å². The fourth-order valence-corrected chi connectivity index (χ4v) is 1.38. The molecule has 0 saturated heterocycles. The molecule has 0 atom stereocenters. The summed E-state index contributed by atoms with van der Waals surface area (Å²) in [6, 6.07) is 0. The van der Waals surface area contributed by atoms with Gasteiger partial charge in [-0.2, -0.15) is 0 Å². The van der Waals surface area contributed by atoms with Crippen LogP contribution < -0.4 is 11.1 Å². The third-order valence-electron chi connectivity index (χ3n) is 2.15. The number of nitrogens with zero attached hydrogens (tertiary/aromatic N) is 2. The van der Waals surface area contributed by atoms with Crippen LogP contribution in [-0.2, 0) is 0 Å². The van der Waals surface area contributed by atoms with E-state index in [1.807, 2.05) is 0 Å². The van der Waals surface area contributed by atoms with Gasteiger partial charge in [0.05, 0.1) is 0 Å². The lowest BCUT2D eigenvalue weighted by Crippen LogP contribution is -2.34. The van der Waals surface area contributed by atoms with Crippen molar-refractivity contribution >= 4 is 0 Å². The van der Waals surface area contributed by atoms with Gasteiger partial charge in [-0.05, 0) is 13.0 Å². The molecule has 0 spiro atoms. The second-order valence-electron chi connectivity index (χ2n) is 3.28. The Morgan fingerprint density at radius 1 is 1.46 bits per heavy atom. The Morgan fingerprint density at radius 3 is 2.92 bits per heavy atom. The summed E-state index contributed by atoms with van der Waals surface area (Å²) < 4.78 is 0. The summed E-state index contributed by atoms with van der Waals surface area (Å²) in [5.41, 5.74) is 5.36. The van der Waals surface area contributed by atoms with Crippen molar-refractivity contribution in [3.05, 3.63) is 12.3 Å². The van der Waals surface area contributed by atoms with Crippen LogP contribution in [0.3, 0.4) is 0 Å². The predicted octanol–water partition coefficient (Wildman–Crippen LogP) is -0.399. The third-order valence-corrected chi connectivity index (χ3v) is 2.15. The average Bonchev–Trinajstić information content (AvgIpc) is 2.52. The van der Waals surface area contributed by atoms with Crippen LogP contribution in [0.5, 0.6) is 0 Å². The summed E-state index contributed by atoms with van der Waals surface area (Å²) in [4.78, 5) is 0. The van der Waals surface area contributed by atoms with E-state index < -0.39 is 0 Å². The fourth-order valence-electron chi connectivity index (χ4n) is 1.38. The number of nitrogens with two attached hydrogens (primary N) is 1. The Hall–Kier alpha value is -0.580. The van der Waals surface area contributed by atoms with E-state index in [0.717, 1.165) is 39.1 Å². The molecule has 0 radical (unpaired) electrons. The lowest BCUT2D eigenvalue weighted by atomic mass is 10.4. The molecule has 0 fully saturated rings. The maximum Gasteiger partial charge on any atom is 0.0375 e. The van der Waals surface area contributed by atoms with E-state index in [-0.39, 0.29) is 0 Å². The molecule has 4 heteroatoms. The van der Waals surface area contributed by atoms with Crippen LogP contribution in [0.1, 0.15) is 6.42 Å². The second-order valence-corrected chi connectivity index (χ2v) is 3.28. The highest BCUT2D eigenvalue weighted by atomic mass is 15.6. The van der Waals surface area contributed by atoms with Crippen LogP contribution >= 0.6 is 0 Å². The van der Waals surface area contributed by atoms with Gasteiger partial charge in [-0.1, -0.05) is 6.08 Å². The molecular formula is C9H20N4. The third kappa shape index (κ3) is 3.76. The number of nitrogens with one attached hydrogen (secondary N) is 1. The summed E-state index contributed by atoms with van der Waals surface area (Å²) in [5.74, 6) is 0. The highest BCUT2D eigenvalue weighted by molar-refractivity contribution is 4.89. The van der Waals surface area contributed by atoms with Gasteiger partial charge in [0.2, 0.25) is 0 Å². The standard InChI is InChI=1S/C9H20N4/c1-12-7-3-9-13(12)8-2-5-11-6-4-10/h3,9,11H,2,4-8,10H2,1H3. The smallest absolute Gasteiger partial charge is 0.0375 e. The Morgan fingerprint density at radius 2 is 2.31 bits per heavy atom. The Kier molecular flexibility index (Phi) is 4.82. The summed E-state index contributed by atoms with van der Waals surface area (Å²) in [6.45, 7) is 4.82. The molecule has 0 bridgehead atoms. The van der Waals surface area contributed by atoms with Crippen LogP contribution in [0.4, 0.5) is 0 Å². The monoisotopic (exact) mass is 184 g/mol. The van der Waals surface area contributed by atoms with Gasteiger partial charge in [-0.15, -0.1) is 0 Å². The Bertz CT molecular complexity index is 158. The van der Waals surface area contributed by atoms with Crippen LogP contribution in [0.25, 0.3) is 0 Å². The Balaban J connectivity index is 1.96. The zero-order valence-corrected chi connectivity index (χ0v) is 8.37. The molecule has 1 aliphatic rings. The van der Waals surface area contributed by atoms with Gasteiger partial charge < -0.3 is 16.1 Å². The van der Waals surface area contributed by atoms with Gasteiger partial charge in [-0.3, -0.25) is 0 Å². The molecule has 1 aliphatic heterocycles. The minimum atomic E-state index is 0.726. The lowest BCUT2D eigenvalue weighted by molar-refractivity contribution is 0.0829. The van der Waals surface area contributed by atoms with Gasteiger partial charge in [0, 0.05) is 39.4 Å². The van der Waals surface area contributed by atoms with E-state index in [4.69, 9.17) is 5.73 Å². The molecule has 4 nitrogen and oxygen atoms in total. The molecule has 13 heavy (non-hydrogen) atoms. The number of likely N-dealkylation sites (N-methyl/N-ethyl adjacent to an activating group) is 1. The maximum absolute atomic E-state index is 5.36. The zero-order valence-electron chi connectivity index (χ0n) is 8.37. The van der Waals surface area contributed by atoms with Gasteiger partial charge in [0.1, 0.15) is 0 Å². The molecule has 0 amide bonds. The van der Waals surface area contributed by atoms with E-state index >= 15 is 0 Å². The predicted molar refractivity (Wildman–Crippen MR) is 55.0 cm³/mol. The molecule has 0 aliphatic carbocycles. The van der Waals surface area contributed by atoms with E-state index in [9.17, 15) is 0 Å². The van der Waals surface area contributed by atoms with Gasteiger partial charge in [-0.25, -0.2) is 5.01 Å². The Labute approximate surface area is 80.3 Å². The minimum Gasteiger partial charge on any atom is -0.329 e. The van der Waals surface area contributed by atoms with Crippen molar-refractivity contribution in [1.29, 1.82) is 0 Å². The zero-order chi connectivity index (χ0) is 9.52. The normalized spacial score (nSPS) is 17.2. The van der Waals surface area contributed by atoms with Crippen LogP contribution in [0, 0.1) is 0 Å².